The number of nitrogens with zero attached hydrogens (tertiary/aromatic N) is 1. The summed E-state index contributed by atoms with van der Waals surface area (Å²) in [7, 11) is -3.10. The highest BCUT2D eigenvalue weighted by Crippen LogP contribution is 2.11. The van der Waals surface area contributed by atoms with Gasteiger partial charge >= 0.3 is 0 Å². The molecular weight excluding hydrogens is 286 g/mol. The normalized spacial score (nSPS) is 18.3. The van der Waals surface area contributed by atoms with Gasteiger partial charge in [-0.2, -0.15) is 0 Å². The number of hydrogen-bond acceptors (Lipinski definition) is 4. The first-order chi connectivity index (χ1) is 9.00. The molecule has 0 unspecified atom stereocenters. The standard InChI is InChI=1S/C11H15N3O3S2/c15-10(9-3-1-4-13-11(9)18)12-5-7-14-6-2-8-19(14,16)17/h1,3-4H,2,5-8H2,(H,12,15)(H,13,18). The van der Waals surface area contributed by atoms with Gasteiger partial charge in [0, 0.05) is 25.8 Å². The second kappa shape index (κ2) is 5.81. The third-order valence-corrected chi connectivity index (χ3v) is 5.21. The van der Waals surface area contributed by atoms with E-state index in [0.717, 1.165) is 0 Å². The van der Waals surface area contributed by atoms with Gasteiger partial charge in [0.2, 0.25) is 10.0 Å². The molecule has 1 aliphatic rings. The number of aromatic amines is 1. The Morgan fingerprint density at radius 3 is 2.95 bits per heavy atom. The van der Waals surface area contributed by atoms with Crippen LogP contribution in [0.2, 0.25) is 0 Å². The van der Waals surface area contributed by atoms with E-state index in [-0.39, 0.29) is 18.2 Å². The summed E-state index contributed by atoms with van der Waals surface area (Å²) in [4.78, 5) is 14.6. The van der Waals surface area contributed by atoms with E-state index in [9.17, 15) is 13.2 Å². The van der Waals surface area contributed by atoms with Crippen LogP contribution >= 0.6 is 12.2 Å². The summed E-state index contributed by atoms with van der Waals surface area (Å²) in [6.45, 7) is 1.11. The highest BCUT2D eigenvalue weighted by Gasteiger charge is 2.27. The van der Waals surface area contributed by atoms with Crippen molar-refractivity contribution in [3.63, 3.8) is 0 Å². The van der Waals surface area contributed by atoms with Gasteiger partial charge in [-0.05, 0) is 18.6 Å². The van der Waals surface area contributed by atoms with Crippen LogP contribution in [0.1, 0.15) is 16.8 Å². The number of sulfonamides is 1. The molecule has 0 radical (unpaired) electrons. The number of carbonyl (C=O) groups is 1. The molecule has 8 heteroatoms. The first kappa shape index (κ1) is 14.2. The van der Waals surface area contributed by atoms with E-state index in [1.165, 1.54) is 4.31 Å². The van der Waals surface area contributed by atoms with Crippen molar-refractivity contribution in [2.24, 2.45) is 0 Å². The minimum atomic E-state index is -3.10. The summed E-state index contributed by atoms with van der Waals surface area (Å²) in [6, 6.07) is 3.32. The van der Waals surface area contributed by atoms with Gasteiger partial charge in [0.15, 0.2) is 0 Å². The third-order valence-electron chi connectivity index (χ3n) is 2.91. The lowest BCUT2D eigenvalue weighted by atomic mass is 10.3. The maximum atomic E-state index is 11.8. The lowest BCUT2D eigenvalue weighted by Gasteiger charge is -2.14. The van der Waals surface area contributed by atoms with Crippen molar-refractivity contribution in [1.29, 1.82) is 0 Å². The zero-order chi connectivity index (χ0) is 13.9. The molecule has 0 spiro atoms. The van der Waals surface area contributed by atoms with E-state index < -0.39 is 10.0 Å². The Balaban J connectivity index is 1.89. The van der Waals surface area contributed by atoms with Gasteiger partial charge in [-0.25, -0.2) is 12.7 Å². The summed E-state index contributed by atoms with van der Waals surface area (Å²) >= 11 is 5.00. The van der Waals surface area contributed by atoms with E-state index >= 15 is 0 Å². The average Bonchev–Trinajstić information content (AvgIpc) is 2.69. The minimum absolute atomic E-state index is 0.199. The van der Waals surface area contributed by atoms with Crippen LogP contribution in [0.3, 0.4) is 0 Å². The predicted molar refractivity (Wildman–Crippen MR) is 73.9 cm³/mol. The monoisotopic (exact) mass is 301 g/mol. The quantitative estimate of drug-likeness (QED) is 0.794. The Morgan fingerprint density at radius 2 is 2.32 bits per heavy atom. The van der Waals surface area contributed by atoms with Crippen LogP contribution in [-0.4, -0.2) is 49.0 Å². The second-order valence-electron chi connectivity index (χ2n) is 4.24. The topological polar surface area (TPSA) is 82.3 Å². The number of hydrogen-bond donors (Lipinski definition) is 2. The van der Waals surface area contributed by atoms with Gasteiger partial charge < -0.3 is 10.3 Å². The molecule has 2 heterocycles. The number of pyridine rings is 1. The SMILES string of the molecule is O=C(NCCN1CCCS1(=O)=O)c1ccc[nH]c1=S. The Hall–Kier alpha value is -1.25. The first-order valence-electron chi connectivity index (χ1n) is 5.94. The van der Waals surface area contributed by atoms with Crippen molar-refractivity contribution in [3.8, 4) is 0 Å². The molecule has 2 rings (SSSR count). The van der Waals surface area contributed by atoms with Crippen LogP contribution in [0.25, 0.3) is 0 Å². The largest absolute Gasteiger partial charge is 0.352 e. The van der Waals surface area contributed by atoms with Gasteiger partial charge in [-0.3, -0.25) is 4.79 Å². The van der Waals surface area contributed by atoms with Crippen molar-refractivity contribution in [2.75, 3.05) is 25.4 Å². The van der Waals surface area contributed by atoms with Gasteiger partial charge in [-0.1, -0.05) is 12.2 Å². The predicted octanol–water partition coefficient (Wildman–Crippen LogP) is 0.509. The van der Waals surface area contributed by atoms with Crippen molar-refractivity contribution >= 4 is 28.1 Å². The Labute approximate surface area is 116 Å². The summed E-state index contributed by atoms with van der Waals surface area (Å²) < 4.78 is 24.9. The summed E-state index contributed by atoms with van der Waals surface area (Å²) in [5, 5.41) is 2.67. The maximum Gasteiger partial charge on any atom is 0.254 e. The molecule has 0 aromatic carbocycles. The van der Waals surface area contributed by atoms with Crippen LogP contribution in [0.4, 0.5) is 0 Å². The van der Waals surface area contributed by atoms with E-state index in [1.807, 2.05) is 0 Å². The molecule has 0 bridgehead atoms. The molecule has 0 saturated carbocycles. The summed E-state index contributed by atoms with van der Waals surface area (Å²) in [5.74, 6) is -0.0938. The molecule has 0 atom stereocenters. The highest BCUT2D eigenvalue weighted by molar-refractivity contribution is 7.89. The van der Waals surface area contributed by atoms with E-state index in [1.54, 1.807) is 18.3 Å². The molecule has 1 aromatic heterocycles. The highest BCUT2D eigenvalue weighted by atomic mass is 32.2. The molecule has 6 nitrogen and oxygen atoms in total. The average molecular weight is 301 g/mol. The second-order valence-corrected chi connectivity index (χ2v) is 6.73. The van der Waals surface area contributed by atoms with Gasteiger partial charge in [0.1, 0.15) is 4.64 Å². The van der Waals surface area contributed by atoms with Gasteiger partial charge in [0.05, 0.1) is 11.3 Å². The molecule has 2 N–H and O–H groups in total. The molecule has 1 amide bonds. The molecule has 19 heavy (non-hydrogen) atoms. The van der Waals surface area contributed by atoms with Crippen LogP contribution in [0, 0.1) is 4.64 Å². The fourth-order valence-corrected chi connectivity index (χ4v) is 3.69. The van der Waals surface area contributed by atoms with Crippen LogP contribution < -0.4 is 5.32 Å². The number of aromatic nitrogens is 1. The van der Waals surface area contributed by atoms with Gasteiger partial charge in [0.25, 0.3) is 5.91 Å². The van der Waals surface area contributed by atoms with Crippen LogP contribution in [0.15, 0.2) is 18.3 Å². The van der Waals surface area contributed by atoms with E-state index in [4.69, 9.17) is 12.2 Å². The van der Waals surface area contributed by atoms with Crippen molar-refractivity contribution < 1.29 is 13.2 Å². The molecule has 1 saturated heterocycles. The zero-order valence-corrected chi connectivity index (χ0v) is 11.9. The Kier molecular flexibility index (Phi) is 4.33. The molecule has 1 fully saturated rings. The number of amides is 1. The van der Waals surface area contributed by atoms with Crippen molar-refractivity contribution in [3.05, 3.63) is 28.5 Å². The molecule has 0 aliphatic carbocycles. The van der Waals surface area contributed by atoms with E-state index in [2.05, 4.69) is 10.3 Å². The molecule has 1 aliphatic heterocycles. The number of H-pyrrole nitrogens is 1. The Bertz CT molecular complexity index is 624. The fourth-order valence-electron chi connectivity index (χ4n) is 1.93. The van der Waals surface area contributed by atoms with Crippen molar-refractivity contribution in [2.45, 2.75) is 6.42 Å². The molecule has 1 aromatic rings. The zero-order valence-electron chi connectivity index (χ0n) is 10.3. The maximum absolute atomic E-state index is 11.8. The van der Waals surface area contributed by atoms with Gasteiger partial charge in [-0.15, -0.1) is 0 Å². The molecular formula is C11H15N3O3S2. The number of nitrogens with one attached hydrogen (secondary N) is 2. The number of rotatable bonds is 4. The van der Waals surface area contributed by atoms with Crippen molar-refractivity contribution in [1.82, 2.24) is 14.6 Å². The van der Waals surface area contributed by atoms with Crippen LogP contribution in [-0.2, 0) is 10.0 Å². The molecule has 104 valence electrons. The Morgan fingerprint density at radius 1 is 1.53 bits per heavy atom. The summed E-state index contributed by atoms with van der Waals surface area (Å²) in [5.41, 5.74) is 0.391. The number of carbonyl (C=O) groups excluding carboxylic acids is 1. The van der Waals surface area contributed by atoms with E-state index in [0.29, 0.717) is 29.7 Å². The van der Waals surface area contributed by atoms with Crippen LogP contribution in [0.5, 0.6) is 0 Å². The fraction of sp³-hybridized carbons (Fsp3) is 0.455. The minimum Gasteiger partial charge on any atom is -0.352 e. The lowest BCUT2D eigenvalue weighted by Crippen LogP contribution is -2.36. The first-order valence-corrected chi connectivity index (χ1v) is 7.96. The summed E-state index contributed by atoms with van der Waals surface area (Å²) in [6.07, 6.45) is 2.30. The third kappa shape index (κ3) is 3.40. The lowest BCUT2D eigenvalue weighted by molar-refractivity contribution is 0.0951. The smallest absolute Gasteiger partial charge is 0.254 e.